The molecule has 1 saturated heterocycles. The van der Waals surface area contributed by atoms with Crippen LogP contribution in [0.15, 0.2) is 0 Å². The third-order valence-electron chi connectivity index (χ3n) is 2.93. The number of likely N-dealkylation sites (N-methyl/N-ethyl adjacent to an activating group) is 1. The van der Waals surface area contributed by atoms with Crippen LogP contribution < -0.4 is 0 Å². The van der Waals surface area contributed by atoms with Crippen molar-refractivity contribution in [1.82, 2.24) is 9.80 Å². The van der Waals surface area contributed by atoms with Gasteiger partial charge in [0.15, 0.2) is 0 Å². The van der Waals surface area contributed by atoms with Crippen molar-refractivity contribution < 1.29 is 26.7 Å². The highest BCUT2D eigenvalue weighted by atomic mass is 19.4. The molecular weight excluding hydrogens is 259 g/mol. The minimum atomic E-state index is -5.85. The summed E-state index contributed by atoms with van der Waals surface area (Å²) in [5, 5.41) is 0. The Bertz CT molecular complexity index is 318. The first kappa shape index (κ1) is 15.1. The van der Waals surface area contributed by atoms with Crippen molar-refractivity contribution in [3.05, 3.63) is 0 Å². The molecule has 0 aromatic rings. The van der Waals surface area contributed by atoms with Gasteiger partial charge in [0.05, 0.1) is 0 Å². The summed E-state index contributed by atoms with van der Waals surface area (Å²) in [7, 11) is 1.73. The number of carbonyl (C=O) groups is 1. The lowest BCUT2D eigenvalue weighted by Crippen LogP contribution is -2.55. The maximum Gasteiger partial charge on any atom is 0.463 e. The van der Waals surface area contributed by atoms with Gasteiger partial charge in [0.25, 0.3) is 0 Å². The van der Waals surface area contributed by atoms with E-state index >= 15 is 0 Å². The molecule has 0 spiro atoms. The zero-order valence-corrected chi connectivity index (χ0v) is 10.1. The highest BCUT2D eigenvalue weighted by Crippen LogP contribution is 2.37. The third kappa shape index (κ3) is 2.90. The van der Waals surface area contributed by atoms with Crippen LogP contribution in [0.4, 0.5) is 22.0 Å². The minimum absolute atomic E-state index is 0.0873. The lowest BCUT2D eigenvalue weighted by Gasteiger charge is -2.31. The summed E-state index contributed by atoms with van der Waals surface area (Å²) in [6.45, 7) is 2.22. The molecule has 0 aromatic carbocycles. The zero-order valence-electron chi connectivity index (χ0n) is 10.1. The largest absolute Gasteiger partial charge is 0.463 e. The normalized spacial score (nSPS) is 23.9. The van der Waals surface area contributed by atoms with E-state index in [2.05, 4.69) is 0 Å². The first-order chi connectivity index (χ1) is 8.07. The van der Waals surface area contributed by atoms with Crippen molar-refractivity contribution in [2.24, 2.45) is 0 Å². The maximum atomic E-state index is 13.0. The molecular formula is C10H15F5N2O. The van der Waals surface area contributed by atoms with Crippen molar-refractivity contribution in [2.45, 2.75) is 31.5 Å². The number of halogens is 5. The molecule has 0 aromatic heterocycles. The van der Waals surface area contributed by atoms with E-state index in [4.69, 9.17) is 0 Å². The molecule has 3 nitrogen and oxygen atoms in total. The molecule has 1 aliphatic heterocycles. The Morgan fingerprint density at radius 1 is 1.17 bits per heavy atom. The molecule has 8 heteroatoms. The van der Waals surface area contributed by atoms with Gasteiger partial charge in [0, 0.05) is 19.1 Å². The predicted octanol–water partition coefficient (Wildman–Crippen LogP) is 1.74. The number of nitrogens with zero attached hydrogens (tertiary/aromatic N) is 2. The molecule has 0 saturated carbocycles. The van der Waals surface area contributed by atoms with E-state index in [0.717, 1.165) is 0 Å². The van der Waals surface area contributed by atoms with Crippen LogP contribution in [0.3, 0.4) is 0 Å². The molecule has 0 N–H and O–H groups in total. The number of amides is 1. The Morgan fingerprint density at radius 2 is 1.72 bits per heavy atom. The van der Waals surface area contributed by atoms with Gasteiger partial charge in [-0.25, -0.2) is 0 Å². The molecule has 1 unspecified atom stereocenters. The fourth-order valence-corrected chi connectivity index (χ4v) is 1.98. The molecule has 0 aliphatic carbocycles. The van der Waals surface area contributed by atoms with Crippen molar-refractivity contribution in [1.29, 1.82) is 0 Å². The quantitative estimate of drug-likeness (QED) is 0.680. The molecule has 106 valence electrons. The molecule has 0 bridgehead atoms. The minimum Gasteiger partial charge on any atom is -0.333 e. The lowest BCUT2D eigenvalue weighted by atomic mass is 10.2. The molecule has 0 radical (unpaired) electrons. The van der Waals surface area contributed by atoms with E-state index in [1.165, 1.54) is 6.92 Å². The molecule has 1 aliphatic rings. The highest BCUT2D eigenvalue weighted by molar-refractivity contribution is 5.84. The third-order valence-corrected chi connectivity index (χ3v) is 2.93. The van der Waals surface area contributed by atoms with Crippen LogP contribution in [0.1, 0.15) is 13.3 Å². The number of hydrogen-bond acceptors (Lipinski definition) is 2. The van der Waals surface area contributed by atoms with Crippen LogP contribution in [0.5, 0.6) is 0 Å². The maximum absolute atomic E-state index is 13.0. The number of rotatable bonds is 1. The summed E-state index contributed by atoms with van der Waals surface area (Å²) < 4.78 is 62.4. The van der Waals surface area contributed by atoms with E-state index in [1.807, 2.05) is 0 Å². The average molecular weight is 274 g/mol. The van der Waals surface area contributed by atoms with Gasteiger partial charge in [0.1, 0.15) is 0 Å². The van der Waals surface area contributed by atoms with Crippen LogP contribution >= 0.6 is 0 Å². The fraction of sp³-hybridized carbons (Fsp3) is 0.900. The highest BCUT2D eigenvalue weighted by Gasteiger charge is 2.64. The fourth-order valence-electron chi connectivity index (χ4n) is 1.98. The van der Waals surface area contributed by atoms with Crippen LogP contribution in [0.2, 0.25) is 0 Å². The molecule has 1 amide bonds. The lowest BCUT2D eigenvalue weighted by molar-refractivity contribution is -0.275. The Kier molecular flexibility index (Phi) is 4.19. The average Bonchev–Trinajstić information content (AvgIpc) is 2.36. The number of alkyl halides is 5. The van der Waals surface area contributed by atoms with Crippen LogP contribution in [0, 0.1) is 0 Å². The monoisotopic (exact) mass is 274 g/mol. The summed E-state index contributed by atoms with van der Waals surface area (Å²) >= 11 is 0. The Labute approximate surface area is 102 Å². The van der Waals surface area contributed by atoms with Crippen molar-refractivity contribution in [3.63, 3.8) is 0 Å². The van der Waals surface area contributed by atoms with E-state index < -0.39 is 24.0 Å². The second-order valence-electron chi connectivity index (χ2n) is 4.54. The summed E-state index contributed by atoms with van der Waals surface area (Å²) in [6.07, 6.45) is -5.47. The SMILES string of the molecule is CC1CN(C)CCCN1C(=O)C(F)(F)C(F)(F)F. The van der Waals surface area contributed by atoms with Gasteiger partial charge in [-0.15, -0.1) is 0 Å². The van der Waals surface area contributed by atoms with Gasteiger partial charge in [0.2, 0.25) is 0 Å². The molecule has 18 heavy (non-hydrogen) atoms. The van der Waals surface area contributed by atoms with E-state index in [1.54, 1.807) is 11.9 Å². The predicted molar refractivity (Wildman–Crippen MR) is 54.3 cm³/mol. The zero-order chi connectivity index (χ0) is 14.1. The van der Waals surface area contributed by atoms with E-state index in [9.17, 15) is 26.7 Å². The first-order valence-corrected chi connectivity index (χ1v) is 5.51. The van der Waals surface area contributed by atoms with Gasteiger partial charge in [-0.1, -0.05) is 0 Å². The van der Waals surface area contributed by atoms with E-state index in [-0.39, 0.29) is 13.1 Å². The summed E-state index contributed by atoms with van der Waals surface area (Å²) in [5.41, 5.74) is 0. The van der Waals surface area contributed by atoms with Crippen LogP contribution in [-0.2, 0) is 4.79 Å². The smallest absolute Gasteiger partial charge is 0.333 e. The summed E-state index contributed by atoms with van der Waals surface area (Å²) in [5.74, 6) is -7.47. The second-order valence-corrected chi connectivity index (χ2v) is 4.54. The first-order valence-electron chi connectivity index (χ1n) is 5.51. The molecule has 1 heterocycles. The standard InChI is InChI=1S/C10H15F5N2O/c1-7-6-16(2)4-3-5-17(7)8(18)9(11,12)10(13,14)15/h7H,3-6H2,1-2H3. The Balaban J connectivity index is 2.89. The number of carbonyl (C=O) groups excluding carboxylic acids is 1. The molecule has 1 atom stereocenters. The van der Waals surface area contributed by atoms with Gasteiger partial charge >= 0.3 is 18.0 Å². The van der Waals surface area contributed by atoms with Crippen molar-refractivity contribution in [3.8, 4) is 0 Å². The topological polar surface area (TPSA) is 23.6 Å². The van der Waals surface area contributed by atoms with Gasteiger partial charge in [-0.2, -0.15) is 22.0 Å². The van der Waals surface area contributed by atoms with Crippen LogP contribution in [-0.4, -0.2) is 60.5 Å². The Hall–Kier alpha value is -0.920. The van der Waals surface area contributed by atoms with Crippen LogP contribution in [0.25, 0.3) is 0 Å². The van der Waals surface area contributed by atoms with E-state index in [0.29, 0.717) is 17.9 Å². The molecule has 1 rings (SSSR count). The Morgan fingerprint density at radius 3 is 2.22 bits per heavy atom. The second kappa shape index (κ2) is 4.99. The van der Waals surface area contributed by atoms with Crippen molar-refractivity contribution >= 4 is 5.91 Å². The van der Waals surface area contributed by atoms with Gasteiger partial charge in [-0.05, 0) is 26.9 Å². The van der Waals surface area contributed by atoms with Gasteiger partial charge < -0.3 is 9.80 Å². The summed E-state index contributed by atoms with van der Waals surface area (Å²) in [4.78, 5) is 13.8. The molecule has 1 fully saturated rings. The number of hydrogen-bond donors (Lipinski definition) is 0. The van der Waals surface area contributed by atoms with Gasteiger partial charge in [-0.3, -0.25) is 4.79 Å². The van der Waals surface area contributed by atoms with Crippen molar-refractivity contribution in [2.75, 3.05) is 26.7 Å². The summed E-state index contributed by atoms with van der Waals surface area (Å²) in [6, 6.07) is -0.668.